The summed E-state index contributed by atoms with van der Waals surface area (Å²) in [6.07, 6.45) is 0.282. The first-order valence-corrected chi connectivity index (χ1v) is 9.18. The zero-order chi connectivity index (χ0) is 18.4. The van der Waals surface area contributed by atoms with Crippen molar-refractivity contribution in [3.05, 3.63) is 54.1 Å². The second-order valence-electron chi connectivity index (χ2n) is 5.38. The smallest absolute Gasteiger partial charge is 0.264 e. The van der Waals surface area contributed by atoms with Crippen LogP contribution in [0.3, 0.4) is 0 Å². The van der Waals surface area contributed by atoms with Crippen LogP contribution in [0.2, 0.25) is 0 Å². The van der Waals surface area contributed by atoms with Gasteiger partial charge in [-0.15, -0.1) is 0 Å². The van der Waals surface area contributed by atoms with Gasteiger partial charge in [0, 0.05) is 19.2 Å². The molecule has 2 rings (SSSR count). The normalized spacial score (nSPS) is 10.8. The lowest BCUT2D eigenvalue weighted by Gasteiger charge is -2.23. The van der Waals surface area contributed by atoms with Gasteiger partial charge < -0.3 is 5.32 Å². The summed E-state index contributed by atoms with van der Waals surface area (Å²) in [4.78, 5) is 11.2. The number of sulfonamides is 1. The van der Waals surface area contributed by atoms with E-state index < -0.39 is 10.0 Å². The van der Waals surface area contributed by atoms with Gasteiger partial charge in [0.05, 0.1) is 23.1 Å². The number of hydrogen-bond acceptors (Lipinski definition) is 4. The van der Waals surface area contributed by atoms with Crippen molar-refractivity contribution in [2.45, 2.75) is 25.2 Å². The zero-order valence-corrected chi connectivity index (χ0v) is 14.9. The Labute approximate surface area is 147 Å². The minimum atomic E-state index is -3.72. The van der Waals surface area contributed by atoms with Crippen molar-refractivity contribution in [1.29, 1.82) is 5.26 Å². The van der Waals surface area contributed by atoms with Crippen LogP contribution in [0.25, 0.3) is 0 Å². The monoisotopic (exact) mass is 357 g/mol. The zero-order valence-electron chi connectivity index (χ0n) is 14.1. The largest absolute Gasteiger partial charge is 0.326 e. The van der Waals surface area contributed by atoms with Crippen molar-refractivity contribution in [2.24, 2.45) is 0 Å². The number of nitriles is 1. The molecule has 25 heavy (non-hydrogen) atoms. The molecule has 2 aromatic rings. The summed E-state index contributed by atoms with van der Waals surface area (Å²) in [5.74, 6) is -0.219. The third kappa shape index (κ3) is 4.37. The number of carbonyl (C=O) groups excluding carboxylic acids is 1. The third-order valence-corrected chi connectivity index (χ3v) is 5.47. The van der Waals surface area contributed by atoms with Crippen molar-refractivity contribution in [3.8, 4) is 6.07 Å². The number of carbonyl (C=O) groups is 1. The Morgan fingerprint density at radius 3 is 2.20 bits per heavy atom. The molecule has 0 aromatic heterocycles. The Bertz CT molecular complexity index is 883. The Hall–Kier alpha value is -2.85. The molecule has 0 aliphatic carbocycles. The maximum absolute atomic E-state index is 12.9. The van der Waals surface area contributed by atoms with Gasteiger partial charge in [-0.3, -0.25) is 9.10 Å². The van der Waals surface area contributed by atoms with E-state index >= 15 is 0 Å². The second kappa shape index (κ2) is 7.81. The molecule has 0 saturated heterocycles. The molecule has 1 amide bonds. The van der Waals surface area contributed by atoms with Gasteiger partial charge in [-0.1, -0.05) is 12.1 Å². The molecule has 0 bridgehead atoms. The van der Waals surface area contributed by atoms with Crippen LogP contribution in [0, 0.1) is 11.3 Å². The van der Waals surface area contributed by atoms with E-state index in [-0.39, 0.29) is 23.8 Å². The average molecular weight is 357 g/mol. The van der Waals surface area contributed by atoms with Gasteiger partial charge in [0.25, 0.3) is 10.0 Å². The number of nitrogens with zero attached hydrogens (tertiary/aromatic N) is 2. The molecule has 0 radical (unpaired) electrons. The van der Waals surface area contributed by atoms with Crippen LogP contribution in [0.5, 0.6) is 0 Å². The van der Waals surface area contributed by atoms with E-state index in [0.29, 0.717) is 11.4 Å². The Morgan fingerprint density at radius 2 is 1.72 bits per heavy atom. The summed E-state index contributed by atoms with van der Waals surface area (Å²) in [7, 11) is -3.72. The molecule has 0 unspecified atom stereocenters. The van der Waals surface area contributed by atoms with Gasteiger partial charge in [-0.05, 0) is 48.9 Å². The Morgan fingerprint density at radius 1 is 1.12 bits per heavy atom. The van der Waals surface area contributed by atoms with Crippen molar-refractivity contribution in [1.82, 2.24) is 0 Å². The van der Waals surface area contributed by atoms with Crippen LogP contribution < -0.4 is 9.62 Å². The van der Waals surface area contributed by atoms with E-state index in [1.165, 1.54) is 23.4 Å². The van der Waals surface area contributed by atoms with Gasteiger partial charge in [0.15, 0.2) is 0 Å². The average Bonchev–Trinajstić information content (AvgIpc) is 2.57. The van der Waals surface area contributed by atoms with Gasteiger partial charge in [-0.25, -0.2) is 8.42 Å². The number of benzene rings is 2. The van der Waals surface area contributed by atoms with Crippen LogP contribution in [-0.4, -0.2) is 20.9 Å². The highest BCUT2D eigenvalue weighted by Gasteiger charge is 2.23. The molecular formula is C18H19N3O3S. The molecule has 0 atom stereocenters. The highest BCUT2D eigenvalue weighted by atomic mass is 32.2. The maximum atomic E-state index is 12.9. The Kier molecular flexibility index (Phi) is 5.78. The van der Waals surface area contributed by atoms with E-state index in [1.54, 1.807) is 43.3 Å². The van der Waals surface area contributed by atoms with E-state index in [0.717, 1.165) is 5.56 Å². The predicted octanol–water partition coefficient (Wildman–Crippen LogP) is 2.93. The lowest BCUT2D eigenvalue weighted by Crippen LogP contribution is -2.30. The van der Waals surface area contributed by atoms with Crippen LogP contribution >= 0.6 is 0 Å². The highest BCUT2D eigenvalue weighted by Crippen LogP contribution is 2.25. The number of amides is 1. The first kappa shape index (κ1) is 18.5. The van der Waals surface area contributed by atoms with Crippen molar-refractivity contribution in [3.63, 3.8) is 0 Å². The quantitative estimate of drug-likeness (QED) is 0.860. The molecule has 6 nitrogen and oxygen atoms in total. The summed E-state index contributed by atoms with van der Waals surface area (Å²) in [5, 5.41) is 11.3. The molecule has 1 N–H and O–H groups in total. The molecular weight excluding hydrogens is 338 g/mol. The fourth-order valence-electron chi connectivity index (χ4n) is 2.40. The van der Waals surface area contributed by atoms with Crippen LogP contribution in [0.15, 0.2) is 53.4 Å². The standard InChI is InChI=1S/C18H19N3O3S/c1-3-21(17-8-4-15(5-9-17)12-13-19)25(23,24)18-10-6-16(7-11-18)20-14(2)22/h4-11H,3,12H2,1-2H3,(H,20,22). The number of nitrogens with one attached hydrogen (secondary N) is 1. The summed E-state index contributed by atoms with van der Waals surface area (Å²) in [6, 6.07) is 15.0. The topological polar surface area (TPSA) is 90.3 Å². The fourth-order valence-corrected chi connectivity index (χ4v) is 3.88. The molecule has 0 heterocycles. The van der Waals surface area contributed by atoms with E-state index in [9.17, 15) is 13.2 Å². The molecule has 0 saturated carbocycles. The van der Waals surface area contributed by atoms with Crippen molar-refractivity contribution >= 4 is 27.3 Å². The molecule has 7 heteroatoms. The number of rotatable bonds is 6. The van der Waals surface area contributed by atoms with E-state index in [2.05, 4.69) is 11.4 Å². The molecule has 130 valence electrons. The summed E-state index contributed by atoms with van der Waals surface area (Å²) in [6.45, 7) is 3.42. The lowest BCUT2D eigenvalue weighted by molar-refractivity contribution is -0.114. The van der Waals surface area contributed by atoms with Crippen LogP contribution in [0.4, 0.5) is 11.4 Å². The third-order valence-electron chi connectivity index (χ3n) is 3.56. The number of anilines is 2. The van der Waals surface area contributed by atoms with Crippen LogP contribution in [-0.2, 0) is 21.2 Å². The molecule has 0 spiro atoms. The maximum Gasteiger partial charge on any atom is 0.264 e. The van der Waals surface area contributed by atoms with Crippen molar-refractivity contribution < 1.29 is 13.2 Å². The first-order valence-electron chi connectivity index (χ1n) is 7.74. The molecule has 0 aliphatic rings. The SMILES string of the molecule is CCN(c1ccc(CC#N)cc1)S(=O)(=O)c1ccc(NC(C)=O)cc1. The predicted molar refractivity (Wildman–Crippen MR) is 96.7 cm³/mol. The lowest BCUT2D eigenvalue weighted by atomic mass is 10.1. The fraction of sp³-hybridized carbons (Fsp3) is 0.222. The molecule has 2 aromatic carbocycles. The van der Waals surface area contributed by atoms with Gasteiger partial charge in [0.1, 0.15) is 0 Å². The minimum absolute atomic E-state index is 0.143. The number of hydrogen-bond donors (Lipinski definition) is 1. The molecule has 0 aliphatic heterocycles. The molecule has 0 fully saturated rings. The second-order valence-corrected chi connectivity index (χ2v) is 7.24. The van der Waals surface area contributed by atoms with Gasteiger partial charge in [0.2, 0.25) is 5.91 Å². The summed E-state index contributed by atoms with van der Waals surface area (Å²) in [5.41, 5.74) is 1.91. The van der Waals surface area contributed by atoms with Gasteiger partial charge >= 0.3 is 0 Å². The summed E-state index contributed by atoms with van der Waals surface area (Å²) >= 11 is 0. The van der Waals surface area contributed by atoms with Crippen LogP contribution in [0.1, 0.15) is 19.4 Å². The minimum Gasteiger partial charge on any atom is -0.326 e. The Balaban J connectivity index is 2.31. The van der Waals surface area contributed by atoms with E-state index in [1.807, 2.05) is 0 Å². The summed E-state index contributed by atoms with van der Waals surface area (Å²) < 4.78 is 27.1. The van der Waals surface area contributed by atoms with E-state index in [4.69, 9.17) is 5.26 Å². The highest BCUT2D eigenvalue weighted by molar-refractivity contribution is 7.92. The first-order chi connectivity index (χ1) is 11.9. The van der Waals surface area contributed by atoms with Gasteiger partial charge in [-0.2, -0.15) is 5.26 Å². The van der Waals surface area contributed by atoms with Crippen molar-refractivity contribution in [2.75, 3.05) is 16.2 Å².